The predicted molar refractivity (Wildman–Crippen MR) is 119 cm³/mol. The van der Waals surface area contributed by atoms with Crippen molar-refractivity contribution in [1.82, 2.24) is 14.8 Å². The van der Waals surface area contributed by atoms with E-state index in [1.807, 2.05) is 18.5 Å². The number of halogens is 4. The van der Waals surface area contributed by atoms with Crippen LogP contribution in [0.3, 0.4) is 0 Å². The van der Waals surface area contributed by atoms with Gasteiger partial charge in [0, 0.05) is 49.8 Å². The van der Waals surface area contributed by atoms with Gasteiger partial charge in [-0.15, -0.1) is 0 Å². The Morgan fingerprint density at radius 2 is 1.79 bits per heavy atom. The summed E-state index contributed by atoms with van der Waals surface area (Å²) in [6.07, 6.45) is 1.00. The average Bonchev–Trinajstić information content (AvgIpc) is 3.27. The Bertz CT molecular complexity index is 1100. The summed E-state index contributed by atoms with van der Waals surface area (Å²) < 4.78 is 58.6. The summed E-state index contributed by atoms with van der Waals surface area (Å²) >= 11 is 0. The van der Waals surface area contributed by atoms with Gasteiger partial charge in [-0.2, -0.15) is 13.2 Å². The quantitative estimate of drug-likeness (QED) is 0.500. The molecular weight excluding hydrogens is 450 g/mol. The van der Waals surface area contributed by atoms with Crippen LogP contribution in [0.25, 0.3) is 5.69 Å². The first-order chi connectivity index (χ1) is 16.3. The highest BCUT2D eigenvalue weighted by Crippen LogP contribution is 2.29. The third-order valence-electron chi connectivity index (χ3n) is 5.77. The molecule has 5 nitrogen and oxygen atoms in total. The van der Waals surface area contributed by atoms with E-state index in [0.29, 0.717) is 11.4 Å². The molecule has 1 aliphatic rings. The zero-order chi connectivity index (χ0) is 24.1. The highest BCUT2D eigenvalue weighted by Gasteiger charge is 2.30. The van der Waals surface area contributed by atoms with Gasteiger partial charge in [-0.1, -0.05) is 6.07 Å². The predicted octanol–water partition coefficient (Wildman–Crippen LogP) is 4.79. The van der Waals surface area contributed by atoms with Crippen LogP contribution in [-0.2, 0) is 17.5 Å². The van der Waals surface area contributed by atoms with Gasteiger partial charge in [0.25, 0.3) is 5.91 Å². The monoisotopic (exact) mass is 475 g/mol. The number of piperidine rings is 1. The van der Waals surface area contributed by atoms with Crippen LogP contribution in [-0.4, -0.2) is 41.1 Å². The maximum atomic E-state index is 13.2. The van der Waals surface area contributed by atoms with Crippen molar-refractivity contribution in [3.05, 3.63) is 83.9 Å². The lowest BCUT2D eigenvalue weighted by atomic mass is 10.0. The van der Waals surface area contributed by atoms with Gasteiger partial charge in [0.15, 0.2) is 6.61 Å². The molecule has 0 bridgehead atoms. The number of likely N-dealkylation sites (tertiary alicyclic amines) is 1. The highest BCUT2D eigenvalue weighted by molar-refractivity contribution is 5.77. The molecule has 0 aliphatic carbocycles. The fraction of sp³-hybridized carbons (Fsp3) is 0.320. The lowest BCUT2D eigenvalue weighted by Crippen LogP contribution is -2.45. The SMILES string of the molecule is O=C(COc1cccc(F)c1)NC1CCN(Cc2ccn(-c3ccc(C(F)(F)F)cc3)c2)CC1. The second-order valence-corrected chi connectivity index (χ2v) is 8.34. The zero-order valence-electron chi connectivity index (χ0n) is 18.4. The van der Waals surface area contributed by atoms with E-state index in [0.717, 1.165) is 50.2 Å². The number of rotatable bonds is 7. The maximum Gasteiger partial charge on any atom is 0.416 e. The summed E-state index contributed by atoms with van der Waals surface area (Å²) in [5.74, 6) is -0.343. The fourth-order valence-electron chi connectivity index (χ4n) is 3.99. The van der Waals surface area contributed by atoms with Crippen molar-refractivity contribution in [3.63, 3.8) is 0 Å². The summed E-state index contributed by atoms with van der Waals surface area (Å²) in [6, 6.07) is 12.7. The van der Waals surface area contributed by atoms with E-state index < -0.39 is 17.6 Å². The number of ether oxygens (including phenoxy) is 1. The van der Waals surface area contributed by atoms with Crippen LogP contribution in [0.1, 0.15) is 24.0 Å². The van der Waals surface area contributed by atoms with E-state index in [9.17, 15) is 22.4 Å². The first-order valence-corrected chi connectivity index (χ1v) is 11.0. The first kappa shape index (κ1) is 23.8. The van der Waals surface area contributed by atoms with Gasteiger partial charge in [-0.05, 0) is 60.9 Å². The van der Waals surface area contributed by atoms with Crippen molar-refractivity contribution in [2.75, 3.05) is 19.7 Å². The molecular formula is C25H25F4N3O2. The minimum atomic E-state index is -4.35. The van der Waals surface area contributed by atoms with Crippen LogP contribution in [0.2, 0.25) is 0 Å². The largest absolute Gasteiger partial charge is 0.484 e. The minimum absolute atomic E-state index is 0.0524. The molecule has 1 N–H and O–H groups in total. The number of nitrogens with one attached hydrogen (secondary N) is 1. The molecule has 1 amide bonds. The molecule has 4 rings (SSSR count). The molecule has 1 aromatic heterocycles. The summed E-state index contributed by atoms with van der Waals surface area (Å²) in [7, 11) is 0. The molecule has 9 heteroatoms. The van der Waals surface area contributed by atoms with Crippen LogP contribution in [0.5, 0.6) is 5.75 Å². The van der Waals surface area contributed by atoms with Crippen LogP contribution in [0.15, 0.2) is 67.0 Å². The number of hydrogen-bond donors (Lipinski definition) is 1. The van der Waals surface area contributed by atoms with Gasteiger partial charge in [0.1, 0.15) is 11.6 Å². The number of carbonyl (C=O) groups is 1. The van der Waals surface area contributed by atoms with Gasteiger partial charge in [-0.25, -0.2) is 4.39 Å². The number of hydrogen-bond acceptors (Lipinski definition) is 3. The van der Waals surface area contributed by atoms with Crippen LogP contribution < -0.4 is 10.1 Å². The van der Waals surface area contributed by atoms with Gasteiger partial charge < -0.3 is 14.6 Å². The zero-order valence-corrected chi connectivity index (χ0v) is 18.4. The van der Waals surface area contributed by atoms with Crippen molar-refractivity contribution >= 4 is 5.91 Å². The molecule has 2 aromatic carbocycles. The Morgan fingerprint density at radius 3 is 2.47 bits per heavy atom. The Hall–Kier alpha value is -3.33. The van der Waals surface area contributed by atoms with Crippen molar-refractivity contribution in [3.8, 4) is 11.4 Å². The summed E-state index contributed by atoms with van der Waals surface area (Å²) in [4.78, 5) is 14.4. The van der Waals surface area contributed by atoms with E-state index >= 15 is 0 Å². The molecule has 3 aromatic rings. The van der Waals surface area contributed by atoms with Crippen LogP contribution >= 0.6 is 0 Å². The van der Waals surface area contributed by atoms with E-state index in [4.69, 9.17) is 4.74 Å². The Balaban J connectivity index is 1.21. The lowest BCUT2D eigenvalue weighted by molar-refractivity contribution is -0.137. The summed E-state index contributed by atoms with van der Waals surface area (Å²) in [5, 5.41) is 2.96. The topological polar surface area (TPSA) is 46.5 Å². The Labute approximate surface area is 194 Å². The third-order valence-corrected chi connectivity index (χ3v) is 5.77. The van der Waals surface area contributed by atoms with E-state index in [1.165, 1.54) is 30.3 Å². The van der Waals surface area contributed by atoms with Crippen LogP contribution in [0.4, 0.5) is 17.6 Å². The fourth-order valence-corrected chi connectivity index (χ4v) is 3.99. The van der Waals surface area contributed by atoms with Crippen molar-refractivity contribution < 1.29 is 27.1 Å². The molecule has 2 heterocycles. The second kappa shape index (κ2) is 10.3. The summed E-state index contributed by atoms with van der Waals surface area (Å²) in [6.45, 7) is 2.17. The third kappa shape index (κ3) is 6.38. The molecule has 1 aliphatic heterocycles. The molecule has 0 saturated carbocycles. The van der Waals surface area contributed by atoms with E-state index in [-0.39, 0.29) is 18.6 Å². The maximum absolute atomic E-state index is 13.2. The molecule has 0 atom stereocenters. The smallest absolute Gasteiger partial charge is 0.416 e. The lowest BCUT2D eigenvalue weighted by Gasteiger charge is -2.32. The molecule has 0 unspecified atom stereocenters. The van der Waals surface area contributed by atoms with Crippen LogP contribution in [0, 0.1) is 5.82 Å². The van der Waals surface area contributed by atoms with Gasteiger partial charge in [0.05, 0.1) is 5.56 Å². The minimum Gasteiger partial charge on any atom is -0.484 e. The molecule has 1 fully saturated rings. The molecule has 180 valence electrons. The standard InChI is InChI=1S/C25H25F4N3O2/c26-20-2-1-3-23(14-20)34-17-24(33)30-21-9-11-31(12-10-21)15-18-8-13-32(16-18)22-6-4-19(5-7-22)25(27,28)29/h1-8,13-14,16,21H,9-12,15,17H2,(H,30,33). The van der Waals surface area contributed by atoms with Gasteiger partial charge in [-0.3, -0.25) is 9.69 Å². The van der Waals surface area contributed by atoms with Crippen molar-refractivity contribution in [2.45, 2.75) is 31.6 Å². The van der Waals surface area contributed by atoms with Crippen molar-refractivity contribution in [1.29, 1.82) is 0 Å². The number of aromatic nitrogens is 1. The number of amides is 1. The van der Waals surface area contributed by atoms with Gasteiger partial charge in [0.2, 0.25) is 0 Å². The number of benzene rings is 2. The van der Waals surface area contributed by atoms with E-state index in [1.54, 1.807) is 10.6 Å². The first-order valence-electron chi connectivity index (χ1n) is 11.0. The van der Waals surface area contributed by atoms with Crippen molar-refractivity contribution in [2.24, 2.45) is 0 Å². The summed E-state index contributed by atoms with van der Waals surface area (Å²) in [5.41, 5.74) is 1.06. The Kier molecular flexibility index (Phi) is 7.21. The number of carbonyl (C=O) groups excluding carboxylic acids is 1. The Morgan fingerprint density at radius 1 is 1.06 bits per heavy atom. The normalized spacial score (nSPS) is 15.3. The number of alkyl halides is 3. The molecule has 34 heavy (non-hydrogen) atoms. The molecule has 1 saturated heterocycles. The number of nitrogens with zero attached hydrogens (tertiary/aromatic N) is 2. The molecule has 0 spiro atoms. The van der Waals surface area contributed by atoms with Gasteiger partial charge >= 0.3 is 6.18 Å². The second-order valence-electron chi connectivity index (χ2n) is 8.34. The van der Waals surface area contributed by atoms with E-state index in [2.05, 4.69) is 10.2 Å². The average molecular weight is 475 g/mol. The molecule has 0 radical (unpaired) electrons. The highest BCUT2D eigenvalue weighted by atomic mass is 19.4.